The highest BCUT2D eigenvalue weighted by Crippen LogP contribution is 2.33. The molecule has 0 aliphatic rings. The molecule has 0 unspecified atom stereocenters. The summed E-state index contributed by atoms with van der Waals surface area (Å²) < 4.78 is 7.15. The predicted molar refractivity (Wildman–Crippen MR) is 78.5 cm³/mol. The molecule has 0 spiro atoms. The molecule has 1 aromatic heterocycles. The molecule has 0 saturated carbocycles. The first-order chi connectivity index (χ1) is 9.95. The Bertz CT molecular complexity index is 698. The van der Waals surface area contributed by atoms with Crippen LogP contribution in [0.4, 0.5) is 0 Å². The van der Waals surface area contributed by atoms with Gasteiger partial charge in [-0.05, 0) is 18.2 Å². The van der Waals surface area contributed by atoms with Crippen molar-refractivity contribution in [2.45, 2.75) is 6.61 Å². The number of ether oxygens (including phenoxy) is 1. The van der Waals surface area contributed by atoms with Gasteiger partial charge in [0.25, 0.3) is 0 Å². The summed E-state index contributed by atoms with van der Waals surface area (Å²) >= 11 is 12.0. The average molecular weight is 328 g/mol. The van der Waals surface area contributed by atoms with Crippen LogP contribution in [0.3, 0.4) is 0 Å². The van der Waals surface area contributed by atoms with Crippen molar-refractivity contribution in [3.63, 3.8) is 0 Å². The van der Waals surface area contributed by atoms with Crippen LogP contribution in [0.15, 0.2) is 24.4 Å². The van der Waals surface area contributed by atoms with Crippen LogP contribution >= 0.6 is 23.2 Å². The normalized spacial score (nSPS) is 11.0. The first kappa shape index (κ1) is 15.3. The molecular weight excluding hydrogens is 317 g/mol. The summed E-state index contributed by atoms with van der Waals surface area (Å²) in [4.78, 5) is 10.6. The molecule has 1 heterocycles. The van der Waals surface area contributed by atoms with Crippen molar-refractivity contribution in [2.24, 2.45) is 7.05 Å². The lowest BCUT2D eigenvalue weighted by atomic mass is 10.2. The van der Waals surface area contributed by atoms with E-state index in [9.17, 15) is 4.79 Å². The molecule has 0 bridgehead atoms. The monoisotopic (exact) mass is 327 g/mol. The summed E-state index contributed by atoms with van der Waals surface area (Å²) in [7, 11) is 1.74. The van der Waals surface area contributed by atoms with Gasteiger partial charge in [0.2, 0.25) is 0 Å². The molecule has 0 radical (unpaired) electrons. The Hall–Kier alpha value is -2.05. The van der Waals surface area contributed by atoms with Crippen LogP contribution in [0.1, 0.15) is 11.3 Å². The smallest absolute Gasteiger partial charge is 0.328 e. The highest BCUT2D eigenvalue weighted by Gasteiger charge is 2.10. The van der Waals surface area contributed by atoms with Gasteiger partial charge in [0.15, 0.2) is 0 Å². The lowest BCUT2D eigenvalue weighted by Gasteiger charge is -2.10. The number of aliphatic carboxylic acids is 1. The number of aromatic nitrogens is 3. The lowest BCUT2D eigenvalue weighted by molar-refractivity contribution is -0.131. The van der Waals surface area contributed by atoms with Crippen molar-refractivity contribution >= 4 is 35.2 Å². The Morgan fingerprint density at radius 1 is 1.48 bits per heavy atom. The summed E-state index contributed by atoms with van der Waals surface area (Å²) in [6.45, 7) is 0.156. The van der Waals surface area contributed by atoms with Gasteiger partial charge in [-0.2, -0.15) is 0 Å². The maximum Gasteiger partial charge on any atom is 0.328 e. The van der Waals surface area contributed by atoms with Gasteiger partial charge in [0.1, 0.15) is 18.1 Å². The number of benzene rings is 1. The molecule has 0 amide bonds. The van der Waals surface area contributed by atoms with E-state index in [1.165, 1.54) is 12.1 Å². The molecule has 0 aliphatic carbocycles. The number of carbonyl (C=O) groups is 1. The van der Waals surface area contributed by atoms with Crippen LogP contribution in [0.25, 0.3) is 6.08 Å². The fourth-order valence-electron chi connectivity index (χ4n) is 1.62. The SMILES string of the molecule is Cn1cc(COc2c(Cl)cc(Cl)cc2/C=C/C(=O)O)nn1. The molecular formula is C13H11Cl2N3O3. The lowest BCUT2D eigenvalue weighted by Crippen LogP contribution is -1.99. The van der Waals surface area contributed by atoms with E-state index < -0.39 is 5.97 Å². The van der Waals surface area contributed by atoms with Crippen molar-refractivity contribution in [3.8, 4) is 5.75 Å². The zero-order chi connectivity index (χ0) is 15.4. The van der Waals surface area contributed by atoms with Crippen molar-refractivity contribution in [1.82, 2.24) is 15.0 Å². The third kappa shape index (κ3) is 4.21. The molecule has 110 valence electrons. The van der Waals surface area contributed by atoms with E-state index in [1.807, 2.05) is 0 Å². The van der Waals surface area contributed by atoms with E-state index in [0.29, 0.717) is 22.0 Å². The Labute approximate surface area is 130 Å². The minimum absolute atomic E-state index is 0.156. The average Bonchev–Trinajstić information content (AvgIpc) is 2.80. The van der Waals surface area contributed by atoms with Gasteiger partial charge >= 0.3 is 5.97 Å². The van der Waals surface area contributed by atoms with E-state index in [-0.39, 0.29) is 11.6 Å². The van der Waals surface area contributed by atoms with Gasteiger partial charge in [-0.3, -0.25) is 4.68 Å². The predicted octanol–water partition coefficient (Wildman–Crippen LogP) is 2.80. The zero-order valence-corrected chi connectivity index (χ0v) is 12.5. The largest absolute Gasteiger partial charge is 0.485 e. The van der Waals surface area contributed by atoms with Crippen molar-refractivity contribution in [1.29, 1.82) is 0 Å². The first-order valence-corrected chi connectivity index (χ1v) is 6.59. The number of carboxylic acid groups (broad SMARTS) is 1. The molecule has 0 atom stereocenters. The van der Waals surface area contributed by atoms with Crippen LogP contribution in [-0.2, 0) is 18.4 Å². The Kier molecular flexibility index (Phi) is 4.82. The highest BCUT2D eigenvalue weighted by molar-refractivity contribution is 6.35. The molecule has 1 aromatic carbocycles. The molecule has 21 heavy (non-hydrogen) atoms. The Morgan fingerprint density at radius 2 is 2.24 bits per heavy atom. The summed E-state index contributed by atoms with van der Waals surface area (Å²) in [6, 6.07) is 3.09. The third-order valence-electron chi connectivity index (χ3n) is 2.46. The summed E-state index contributed by atoms with van der Waals surface area (Å²) in [6.07, 6.45) is 4.06. The number of carboxylic acids is 1. The molecule has 0 fully saturated rings. The molecule has 8 heteroatoms. The zero-order valence-electron chi connectivity index (χ0n) is 11.0. The molecule has 1 N–H and O–H groups in total. The van der Waals surface area contributed by atoms with E-state index in [1.54, 1.807) is 24.0 Å². The second-order valence-corrected chi connectivity index (χ2v) is 4.99. The number of halogens is 2. The van der Waals surface area contributed by atoms with Crippen molar-refractivity contribution in [3.05, 3.63) is 45.7 Å². The van der Waals surface area contributed by atoms with E-state index in [4.69, 9.17) is 33.0 Å². The van der Waals surface area contributed by atoms with E-state index >= 15 is 0 Å². The third-order valence-corrected chi connectivity index (χ3v) is 2.96. The van der Waals surface area contributed by atoms with Crippen LogP contribution in [0.2, 0.25) is 10.0 Å². The maximum absolute atomic E-state index is 10.6. The van der Waals surface area contributed by atoms with Crippen molar-refractivity contribution < 1.29 is 14.6 Å². The van der Waals surface area contributed by atoms with Crippen LogP contribution in [0.5, 0.6) is 5.75 Å². The van der Waals surface area contributed by atoms with Crippen molar-refractivity contribution in [2.75, 3.05) is 0 Å². The minimum Gasteiger partial charge on any atom is -0.485 e. The van der Waals surface area contributed by atoms with E-state index in [2.05, 4.69) is 10.3 Å². The Balaban J connectivity index is 2.26. The molecule has 0 saturated heterocycles. The second-order valence-electron chi connectivity index (χ2n) is 4.15. The second kappa shape index (κ2) is 6.60. The van der Waals surface area contributed by atoms with Crippen LogP contribution in [-0.4, -0.2) is 26.1 Å². The highest BCUT2D eigenvalue weighted by atomic mass is 35.5. The fraction of sp³-hybridized carbons (Fsp3) is 0.154. The quantitative estimate of drug-likeness (QED) is 0.854. The van der Waals surface area contributed by atoms with Gasteiger partial charge < -0.3 is 9.84 Å². The van der Waals surface area contributed by atoms with Gasteiger partial charge in [0.05, 0.1) is 11.2 Å². The summed E-state index contributed by atoms with van der Waals surface area (Å²) in [5.41, 5.74) is 1.09. The standard InChI is InChI=1S/C13H11Cl2N3O3/c1-18-6-10(16-17-18)7-21-13-8(2-3-12(19)20)4-9(14)5-11(13)15/h2-6H,7H2,1H3,(H,19,20)/b3-2+. The number of hydrogen-bond donors (Lipinski definition) is 1. The van der Waals surface area contributed by atoms with E-state index in [0.717, 1.165) is 6.08 Å². The topological polar surface area (TPSA) is 77.2 Å². The molecule has 2 aromatic rings. The van der Waals surface area contributed by atoms with Gasteiger partial charge in [-0.25, -0.2) is 4.79 Å². The minimum atomic E-state index is -1.08. The maximum atomic E-state index is 10.6. The Morgan fingerprint density at radius 3 is 2.86 bits per heavy atom. The molecule has 2 rings (SSSR count). The molecule has 6 nitrogen and oxygen atoms in total. The number of hydrogen-bond acceptors (Lipinski definition) is 4. The number of aryl methyl sites for hydroxylation is 1. The van der Waals surface area contributed by atoms with Gasteiger partial charge in [-0.15, -0.1) is 5.10 Å². The van der Waals surface area contributed by atoms with Gasteiger partial charge in [0, 0.05) is 23.7 Å². The van der Waals surface area contributed by atoms with Crippen LogP contribution in [0, 0.1) is 0 Å². The first-order valence-electron chi connectivity index (χ1n) is 5.84. The molecule has 0 aliphatic heterocycles. The summed E-state index contributed by atoms with van der Waals surface area (Å²) in [5.74, 6) is -0.741. The summed E-state index contributed by atoms with van der Waals surface area (Å²) in [5, 5.41) is 17.1. The number of rotatable bonds is 5. The van der Waals surface area contributed by atoms with Crippen LogP contribution < -0.4 is 4.74 Å². The van der Waals surface area contributed by atoms with Gasteiger partial charge in [-0.1, -0.05) is 28.4 Å². The number of nitrogens with zero attached hydrogens (tertiary/aromatic N) is 3. The fourth-order valence-corrected chi connectivity index (χ4v) is 2.19.